The number of nitro benzene ring substituents is 1. The van der Waals surface area contributed by atoms with E-state index in [4.69, 9.17) is 4.74 Å². The Morgan fingerprint density at radius 2 is 1.96 bits per heavy atom. The van der Waals surface area contributed by atoms with Gasteiger partial charge in [-0.25, -0.2) is 0 Å². The Bertz CT molecular complexity index is 790. The van der Waals surface area contributed by atoms with Crippen molar-refractivity contribution in [1.29, 1.82) is 0 Å². The van der Waals surface area contributed by atoms with Gasteiger partial charge >= 0.3 is 0 Å². The van der Waals surface area contributed by atoms with Crippen LogP contribution in [0.3, 0.4) is 0 Å². The quantitative estimate of drug-likeness (QED) is 0.641. The van der Waals surface area contributed by atoms with E-state index >= 15 is 0 Å². The molecule has 1 N–H and O–H groups in total. The van der Waals surface area contributed by atoms with Gasteiger partial charge in [-0.05, 0) is 30.7 Å². The number of nitrogens with one attached hydrogen (secondary N) is 1. The smallest absolute Gasteiger partial charge is 0.269 e. The zero-order chi connectivity index (χ0) is 18.6. The van der Waals surface area contributed by atoms with Crippen LogP contribution in [0.15, 0.2) is 42.5 Å². The molecule has 0 saturated heterocycles. The maximum atomic E-state index is 12.2. The van der Waals surface area contributed by atoms with Crippen LogP contribution in [0.2, 0.25) is 0 Å². The van der Waals surface area contributed by atoms with Crippen LogP contribution in [0.25, 0.3) is 0 Å². The number of hydrogen-bond acceptors (Lipinski definition) is 5. The molecule has 0 aliphatic heterocycles. The van der Waals surface area contributed by atoms with Crippen molar-refractivity contribution in [3.05, 3.63) is 63.7 Å². The van der Waals surface area contributed by atoms with E-state index in [0.717, 1.165) is 5.56 Å². The van der Waals surface area contributed by atoms with Crippen molar-refractivity contribution in [2.24, 2.45) is 0 Å². The third-order valence-corrected chi connectivity index (χ3v) is 3.81. The number of benzene rings is 2. The summed E-state index contributed by atoms with van der Waals surface area (Å²) >= 11 is 0. The molecule has 1 atom stereocenters. The summed E-state index contributed by atoms with van der Waals surface area (Å²) < 4.78 is 5.34. The molecule has 7 heteroatoms. The first-order chi connectivity index (χ1) is 11.8. The molecular weight excluding hydrogens is 322 g/mol. The lowest BCUT2D eigenvalue weighted by molar-refractivity contribution is -0.384. The van der Waals surface area contributed by atoms with Crippen LogP contribution < -0.4 is 10.1 Å². The first kappa shape index (κ1) is 18.3. The molecule has 0 unspecified atom stereocenters. The Kier molecular flexibility index (Phi) is 5.59. The Morgan fingerprint density at radius 1 is 1.24 bits per heavy atom. The van der Waals surface area contributed by atoms with Crippen LogP contribution in [0, 0.1) is 10.1 Å². The van der Waals surface area contributed by atoms with Crippen LogP contribution in [0.5, 0.6) is 5.75 Å². The SMILES string of the molecule is COc1ccc(C(=O)N(C)C)cc1N[C@@H](C)c1cccc([N+](=O)[O-])c1. The number of hydrogen-bond donors (Lipinski definition) is 1. The minimum atomic E-state index is -0.423. The van der Waals surface area contributed by atoms with Gasteiger partial charge in [0.2, 0.25) is 0 Å². The molecule has 132 valence electrons. The lowest BCUT2D eigenvalue weighted by Gasteiger charge is -2.19. The summed E-state index contributed by atoms with van der Waals surface area (Å²) in [5.74, 6) is 0.473. The number of rotatable bonds is 6. The summed E-state index contributed by atoms with van der Waals surface area (Å²) in [4.78, 5) is 24.2. The molecule has 0 aromatic heterocycles. The van der Waals surface area contributed by atoms with Gasteiger partial charge in [0.05, 0.1) is 17.7 Å². The molecule has 0 fully saturated rings. The summed E-state index contributed by atoms with van der Waals surface area (Å²) in [6, 6.07) is 11.4. The number of nitrogens with zero attached hydrogens (tertiary/aromatic N) is 2. The highest BCUT2D eigenvalue weighted by atomic mass is 16.6. The Morgan fingerprint density at radius 3 is 2.56 bits per heavy atom. The van der Waals surface area contributed by atoms with Crippen LogP contribution in [0.1, 0.15) is 28.9 Å². The Balaban J connectivity index is 2.31. The molecule has 0 heterocycles. The largest absolute Gasteiger partial charge is 0.495 e. The third-order valence-electron chi connectivity index (χ3n) is 3.81. The van der Waals surface area contributed by atoms with Crippen molar-refractivity contribution in [2.75, 3.05) is 26.5 Å². The van der Waals surface area contributed by atoms with E-state index in [1.165, 1.54) is 17.0 Å². The molecule has 0 aliphatic carbocycles. The molecule has 2 aromatic rings. The van der Waals surface area contributed by atoms with E-state index in [2.05, 4.69) is 5.32 Å². The van der Waals surface area contributed by atoms with Crippen LogP contribution in [-0.4, -0.2) is 36.9 Å². The standard InChI is InChI=1S/C18H21N3O4/c1-12(13-6-5-7-15(10-13)21(23)24)19-16-11-14(18(22)20(2)3)8-9-17(16)25-4/h5-12,19H,1-4H3/t12-/m0/s1. The molecule has 0 radical (unpaired) electrons. The summed E-state index contributed by atoms with van der Waals surface area (Å²) in [7, 11) is 4.92. The normalized spacial score (nSPS) is 11.5. The lowest BCUT2D eigenvalue weighted by Crippen LogP contribution is -2.21. The fourth-order valence-electron chi connectivity index (χ4n) is 2.44. The second-order valence-corrected chi connectivity index (χ2v) is 5.83. The van der Waals surface area contributed by atoms with E-state index in [-0.39, 0.29) is 17.6 Å². The summed E-state index contributed by atoms with van der Waals surface area (Å²) in [6.07, 6.45) is 0. The fourth-order valence-corrected chi connectivity index (χ4v) is 2.44. The molecule has 0 spiro atoms. The fraction of sp³-hybridized carbons (Fsp3) is 0.278. The van der Waals surface area contributed by atoms with Crippen LogP contribution >= 0.6 is 0 Å². The second-order valence-electron chi connectivity index (χ2n) is 5.83. The zero-order valence-electron chi connectivity index (χ0n) is 14.6. The third kappa shape index (κ3) is 4.26. The van der Waals surface area contributed by atoms with Crippen molar-refractivity contribution < 1.29 is 14.5 Å². The molecule has 2 rings (SSSR count). The lowest BCUT2D eigenvalue weighted by atomic mass is 10.1. The van der Waals surface area contributed by atoms with Gasteiger partial charge < -0.3 is 15.0 Å². The Hall–Kier alpha value is -3.09. The van der Waals surface area contributed by atoms with Gasteiger partial charge in [0, 0.05) is 37.8 Å². The molecule has 0 saturated carbocycles. The minimum Gasteiger partial charge on any atom is -0.495 e. The highest BCUT2D eigenvalue weighted by Gasteiger charge is 2.15. The first-order valence-electron chi connectivity index (χ1n) is 7.74. The van der Waals surface area contributed by atoms with Crippen molar-refractivity contribution in [3.8, 4) is 5.75 Å². The van der Waals surface area contributed by atoms with Gasteiger partial charge in [-0.1, -0.05) is 12.1 Å². The van der Waals surface area contributed by atoms with E-state index < -0.39 is 4.92 Å². The van der Waals surface area contributed by atoms with Gasteiger partial charge in [-0.2, -0.15) is 0 Å². The van der Waals surface area contributed by atoms with Gasteiger partial charge in [0.15, 0.2) is 0 Å². The van der Waals surface area contributed by atoms with E-state index in [0.29, 0.717) is 17.0 Å². The number of amides is 1. The predicted molar refractivity (Wildman–Crippen MR) is 96.1 cm³/mol. The van der Waals surface area contributed by atoms with Crippen LogP contribution in [-0.2, 0) is 0 Å². The highest BCUT2D eigenvalue weighted by Crippen LogP contribution is 2.30. The first-order valence-corrected chi connectivity index (χ1v) is 7.74. The monoisotopic (exact) mass is 343 g/mol. The number of carbonyl (C=O) groups excluding carboxylic acids is 1. The Labute approximate surface area is 146 Å². The van der Waals surface area contributed by atoms with E-state index in [9.17, 15) is 14.9 Å². The van der Waals surface area contributed by atoms with E-state index in [1.54, 1.807) is 45.5 Å². The molecule has 0 bridgehead atoms. The number of ether oxygens (including phenoxy) is 1. The highest BCUT2D eigenvalue weighted by molar-refractivity contribution is 5.95. The topological polar surface area (TPSA) is 84.7 Å². The van der Waals surface area contributed by atoms with Gasteiger partial charge in [-0.15, -0.1) is 0 Å². The molecule has 0 aliphatic rings. The molecule has 1 amide bonds. The number of non-ortho nitro benzene ring substituents is 1. The van der Waals surface area contributed by atoms with Gasteiger partial charge in [0.25, 0.3) is 11.6 Å². The van der Waals surface area contributed by atoms with Crippen molar-refractivity contribution >= 4 is 17.3 Å². The molecule has 25 heavy (non-hydrogen) atoms. The average molecular weight is 343 g/mol. The summed E-state index contributed by atoms with van der Waals surface area (Å²) in [5, 5.41) is 14.2. The van der Waals surface area contributed by atoms with Crippen LogP contribution in [0.4, 0.5) is 11.4 Å². The average Bonchev–Trinajstić information content (AvgIpc) is 2.60. The molecule has 7 nitrogen and oxygen atoms in total. The summed E-state index contributed by atoms with van der Waals surface area (Å²) in [5.41, 5.74) is 1.98. The van der Waals surface area contributed by atoms with Crippen molar-refractivity contribution in [1.82, 2.24) is 4.90 Å². The number of anilines is 1. The minimum absolute atomic E-state index is 0.0367. The van der Waals surface area contributed by atoms with Gasteiger partial charge in [0.1, 0.15) is 5.75 Å². The molecular formula is C18H21N3O4. The zero-order valence-corrected chi connectivity index (χ0v) is 14.6. The van der Waals surface area contributed by atoms with Crippen molar-refractivity contribution in [3.63, 3.8) is 0 Å². The van der Waals surface area contributed by atoms with Crippen molar-refractivity contribution in [2.45, 2.75) is 13.0 Å². The number of methoxy groups -OCH3 is 1. The summed E-state index contributed by atoms with van der Waals surface area (Å²) in [6.45, 7) is 1.89. The maximum Gasteiger partial charge on any atom is 0.269 e. The second kappa shape index (κ2) is 7.65. The number of nitro groups is 1. The number of carbonyl (C=O) groups is 1. The molecule has 2 aromatic carbocycles. The maximum absolute atomic E-state index is 12.2. The van der Waals surface area contributed by atoms with Gasteiger partial charge in [-0.3, -0.25) is 14.9 Å². The van der Waals surface area contributed by atoms with E-state index in [1.807, 2.05) is 13.0 Å². The predicted octanol–water partition coefficient (Wildman–Crippen LogP) is 3.48.